The van der Waals surface area contributed by atoms with Gasteiger partial charge in [-0.3, -0.25) is 14.4 Å². The van der Waals surface area contributed by atoms with E-state index in [4.69, 9.17) is 14.2 Å². The van der Waals surface area contributed by atoms with Gasteiger partial charge in [0.05, 0.1) is 13.0 Å². The Balaban J connectivity index is 1.29. The third-order valence-electron chi connectivity index (χ3n) is 6.24. The molecule has 0 aromatic heterocycles. The van der Waals surface area contributed by atoms with Crippen LogP contribution in [0.1, 0.15) is 17.5 Å². The molecule has 1 N–H and O–H groups in total. The monoisotopic (exact) mass is 566 g/mol. The van der Waals surface area contributed by atoms with Gasteiger partial charge in [-0.2, -0.15) is 0 Å². The van der Waals surface area contributed by atoms with Crippen LogP contribution in [-0.2, 0) is 19.1 Å². The van der Waals surface area contributed by atoms with Gasteiger partial charge in [0.1, 0.15) is 17.2 Å². The molecule has 0 saturated carbocycles. The summed E-state index contributed by atoms with van der Waals surface area (Å²) in [5.41, 5.74) is 3.25. The van der Waals surface area contributed by atoms with Crippen molar-refractivity contribution < 1.29 is 28.6 Å². The zero-order valence-corrected chi connectivity index (χ0v) is 22.3. The first-order valence-corrected chi connectivity index (χ1v) is 12.5. The molecule has 37 heavy (non-hydrogen) atoms. The molecule has 4 rings (SSSR count). The Morgan fingerprint density at radius 2 is 1.57 bits per heavy atom. The van der Waals surface area contributed by atoms with Crippen LogP contribution in [-0.4, -0.2) is 38.0 Å². The highest BCUT2D eigenvalue weighted by molar-refractivity contribution is 9.10. The Morgan fingerprint density at radius 3 is 2.22 bits per heavy atom. The van der Waals surface area contributed by atoms with Crippen LogP contribution in [0.4, 0.5) is 11.4 Å². The first-order chi connectivity index (χ1) is 17.7. The van der Waals surface area contributed by atoms with Crippen LogP contribution in [0.25, 0.3) is 0 Å². The summed E-state index contributed by atoms with van der Waals surface area (Å²) in [6.45, 7) is 3.61. The highest BCUT2D eigenvalue weighted by Gasteiger charge is 2.36. The third-order valence-corrected chi connectivity index (χ3v) is 7.10. The van der Waals surface area contributed by atoms with E-state index in [1.165, 1.54) is 4.90 Å². The van der Waals surface area contributed by atoms with Gasteiger partial charge in [0.25, 0.3) is 5.91 Å². The Hall–Kier alpha value is -3.85. The van der Waals surface area contributed by atoms with E-state index in [0.29, 0.717) is 22.9 Å². The van der Waals surface area contributed by atoms with Gasteiger partial charge in [0.2, 0.25) is 5.91 Å². The maximum atomic E-state index is 12.6. The molecule has 192 valence electrons. The van der Waals surface area contributed by atoms with Crippen LogP contribution in [0.15, 0.2) is 65.1 Å². The van der Waals surface area contributed by atoms with Gasteiger partial charge in [0, 0.05) is 28.8 Å². The van der Waals surface area contributed by atoms with Crippen molar-refractivity contribution in [1.82, 2.24) is 0 Å². The summed E-state index contributed by atoms with van der Waals surface area (Å²) in [5, 5.41) is 2.76. The van der Waals surface area contributed by atoms with Crippen molar-refractivity contribution in [2.45, 2.75) is 20.3 Å². The molecule has 3 aromatic carbocycles. The maximum Gasteiger partial charge on any atom is 0.311 e. The normalized spacial score (nSPS) is 14.9. The number of halogens is 1. The van der Waals surface area contributed by atoms with E-state index in [2.05, 4.69) is 21.2 Å². The van der Waals surface area contributed by atoms with E-state index in [-0.39, 0.29) is 18.9 Å². The predicted octanol–water partition coefficient (Wildman–Crippen LogP) is 5.40. The van der Waals surface area contributed by atoms with Crippen molar-refractivity contribution in [3.63, 3.8) is 0 Å². The number of nitrogens with one attached hydrogen (secondary N) is 1. The van der Waals surface area contributed by atoms with Crippen molar-refractivity contribution >= 4 is 45.1 Å². The van der Waals surface area contributed by atoms with E-state index >= 15 is 0 Å². The summed E-state index contributed by atoms with van der Waals surface area (Å²) < 4.78 is 17.1. The molecular weight excluding hydrogens is 540 g/mol. The average Bonchev–Trinajstić information content (AvgIpc) is 3.30. The molecule has 1 atom stereocenters. The van der Waals surface area contributed by atoms with Crippen LogP contribution in [0.2, 0.25) is 0 Å². The van der Waals surface area contributed by atoms with Gasteiger partial charge < -0.3 is 24.4 Å². The highest BCUT2D eigenvalue weighted by Crippen LogP contribution is 2.30. The summed E-state index contributed by atoms with van der Waals surface area (Å²) in [4.78, 5) is 39.0. The molecular formula is C28H27BrN2O6. The molecule has 1 heterocycles. The summed E-state index contributed by atoms with van der Waals surface area (Å²) in [5.74, 6) is 0.157. The quantitative estimate of drug-likeness (QED) is 0.367. The fourth-order valence-corrected chi connectivity index (χ4v) is 4.38. The first-order valence-electron chi connectivity index (χ1n) is 11.7. The van der Waals surface area contributed by atoms with Crippen molar-refractivity contribution in [3.8, 4) is 17.2 Å². The molecule has 3 aromatic rings. The molecule has 9 heteroatoms. The van der Waals surface area contributed by atoms with E-state index in [1.54, 1.807) is 61.7 Å². The lowest BCUT2D eigenvalue weighted by molar-refractivity contribution is -0.151. The number of methoxy groups -OCH3 is 1. The van der Waals surface area contributed by atoms with Crippen molar-refractivity contribution in [2.24, 2.45) is 5.92 Å². The summed E-state index contributed by atoms with van der Waals surface area (Å²) >= 11 is 3.46. The molecule has 0 bridgehead atoms. The van der Waals surface area contributed by atoms with Crippen LogP contribution in [0.5, 0.6) is 17.2 Å². The standard InChI is InChI=1S/C28H27BrN2O6/c1-17-18(2)25(13-12-24(17)29)30-26(32)16-36-28(34)19-14-27(33)31(15-19)20-4-6-22(7-5-20)37-23-10-8-21(35-3)9-11-23/h4-13,19H,14-16H2,1-3H3,(H,30,32)/t19-/m1/s1. The highest BCUT2D eigenvalue weighted by atomic mass is 79.9. The molecule has 8 nitrogen and oxygen atoms in total. The Labute approximate surface area is 223 Å². The minimum atomic E-state index is -0.646. The fraction of sp³-hybridized carbons (Fsp3) is 0.250. The van der Waals surface area contributed by atoms with Gasteiger partial charge in [-0.05, 0) is 85.6 Å². The number of esters is 1. The zero-order valence-electron chi connectivity index (χ0n) is 20.7. The van der Waals surface area contributed by atoms with E-state index < -0.39 is 24.4 Å². The SMILES string of the molecule is COc1ccc(Oc2ccc(N3C[C@H](C(=O)OCC(=O)Nc4ccc(Br)c(C)c4C)CC3=O)cc2)cc1. The minimum Gasteiger partial charge on any atom is -0.497 e. The fourth-order valence-electron chi connectivity index (χ4n) is 3.95. The number of ether oxygens (including phenoxy) is 3. The number of anilines is 2. The Bertz CT molecular complexity index is 1310. The minimum absolute atomic E-state index is 0.0234. The smallest absolute Gasteiger partial charge is 0.311 e. The second kappa shape index (κ2) is 11.5. The van der Waals surface area contributed by atoms with Gasteiger partial charge >= 0.3 is 5.97 Å². The van der Waals surface area contributed by atoms with Gasteiger partial charge in [0.15, 0.2) is 6.61 Å². The molecule has 1 aliphatic heterocycles. The van der Waals surface area contributed by atoms with Gasteiger partial charge in [-0.15, -0.1) is 0 Å². The second-order valence-electron chi connectivity index (χ2n) is 8.68. The molecule has 0 spiro atoms. The number of carbonyl (C=O) groups excluding carboxylic acids is 3. The van der Waals surface area contributed by atoms with Crippen LogP contribution >= 0.6 is 15.9 Å². The lowest BCUT2D eigenvalue weighted by Crippen LogP contribution is -2.28. The van der Waals surface area contributed by atoms with Crippen LogP contribution in [0.3, 0.4) is 0 Å². The number of hydrogen-bond donors (Lipinski definition) is 1. The summed E-state index contributed by atoms with van der Waals surface area (Å²) in [6, 6.07) is 17.9. The number of rotatable bonds is 8. The molecule has 2 amide bonds. The van der Waals surface area contributed by atoms with Crippen molar-refractivity contribution in [2.75, 3.05) is 30.5 Å². The number of nitrogens with zero attached hydrogens (tertiary/aromatic N) is 1. The number of amides is 2. The van der Waals surface area contributed by atoms with E-state index in [9.17, 15) is 14.4 Å². The van der Waals surface area contributed by atoms with Crippen LogP contribution in [0, 0.1) is 19.8 Å². The predicted molar refractivity (Wildman–Crippen MR) is 143 cm³/mol. The lowest BCUT2D eigenvalue weighted by Gasteiger charge is -2.17. The first kappa shape index (κ1) is 26.2. The van der Waals surface area contributed by atoms with E-state index in [1.807, 2.05) is 19.9 Å². The maximum absolute atomic E-state index is 12.6. The lowest BCUT2D eigenvalue weighted by atomic mass is 10.1. The largest absolute Gasteiger partial charge is 0.497 e. The molecule has 1 fully saturated rings. The molecule has 1 saturated heterocycles. The Kier molecular flexibility index (Phi) is 8.13. The van der Waals surface area contributed by atoms with Crippen LogP contribution < -0.4 is 19.7 Å². The topological polar surface area (TPSA) is 94.2 Å². The number of benzene rings is 3. The second-order valence-corrected chi connectivity index (χ2v) is 9.53. The van der Waals surface area contributed by atoms with Crippen molar-refractivity contribution in [3.05, 3.63) is 76.3 Å². The molecule has 0 aliphatic carbocycles. The Morgan fingerprint density at radius 1 is 0.946 bits per heavy atom. The molecule has 1 aliphatic rings. The van der Waals surface area contributed by atoms with Gasteiger partial charge in [-0.1, -0.05) is 15.9 Å². The average molecular weight is 567 g/mol. The summed E-state index contributed by atoms with van der Waals surface area (Å²) in [7, 11) is 1.60. The van der Waals surface area contributed by atoms with Crippen molar-refractivity contribution in [1.29, 1.82) is 0 Å². The summed E-state index contributed by atoms with van der Waals surface area (Å²) in [6.07, 6.45) is 0.0234. The molecule has 0 radical (unpaired) electrons. The van der Waals surface area contributed by atoms with Gasteiger partial charge in [-0.25, -0.2) is 0 Å². The van der Waals surface area contributed by atoms with E-state index in [0.717, 1.165) is 21.3 Å². The molecule has 0 unspecified atom stereocenters. The zero-order chi connectivity index (χ0) is 26.5. The third kappa shape index (κ3) is 6.29. The number of hydrogen-bond acceptors (Lipinski definition) is 6. The number of carbonyl (C=O) groups is 3.